The minimum Gasteiger partial charge on any atom is -1.00 e. The first-order valence-corrected chi connectivity index (χ1v) is 6.89. The number of nitrogens with zero attached hydrogens (tertiary/aromatic N) is 2. The second kappa shape index (κ2) is 14.9. The van der Waals surface area contributed by atoms with Gasteiger partial charge in [-0.2, -0.15) is 0 Å². The number of ether oxygens (including phenoxy) is 1. The maximum atomic E-state index is 10.9. The fourth-order valence-electron chi connectivity index (χ4n) is 1.01. The van der Waals surface area contributed by atoms with Crippen molar-refractivity contribution < 1.29 is 48.4 Å². The Kier molecular flexibility index (Phi) is 20.5. The van der Waals surface area contributed by atoms with Gasteiger partial charge in [-0.05, 0) is 6.42 Å². The predicted octanol–water partition coefficient (Wildman–Crippen LogP) is -5.27. The Morgan fingerprint density at radius 3 is 1.62 bits per heavy atom. The summed E-state index contributed by atoms with van der Waals surface area (Å²) in [6.07, 6.45) is 1.40. The molecule has 0 atom stereocenters. The molecule has 132 valence electrons. The summed E-state index contributed by atoms with van der Waals surface area (Å²) in [5, 5.41) is 8.39. The normalized spacial score (nSPS) is 10.5. The van der Waals surface area contributed by atoms with Crippen LogP contribution in [0.4, 0.5) is 0 Å². The molecule has 0 heterocycles. The third kappa shape index (κ3) is 33.0. The Balaban J connectivity index is -0.000000140. The molecule has 0 aliphatic heterocycles. The maximum absolute atomic E-state index is 10.9. The maximum Gasteiger partial charge on any atom is 0.305 e. The van der Waals surface area contributed by atoms with Crippen molar-refractivity contribution in [2.24, 2.45) is 0 Å². The van der Waals surface area contributed by atoms with Gasteiger partial charge in [-0.25, -0.2) is 0 Å². The molecule has 0 saturated carbocycles. The van der Waals surface area contributed by atoms with Crippen LogP contribution in [0, 0.1) is 0 Å². The summed E-state index contributed by atoms with van der Waals surface area (Å²) in [6.45, 7) is 4.49. The molecule has 0 unspecified atom stereocenters. The number of likely N-dealkylation sites (N-methyl/N-ethyl adjacent to an activating group) is 2. The minimum absolute atomic E-state index is 0. The number of halogens is 2. The van der Waals surface area contributed by atoms with E-state index in [2.05, 4.69) is 42.3 Å². The van der Waals surface area contributed by atoms with E-state index in [4.69, 9.17) is 9.84 Å². The molecule has 0 saturated heterocycles. The van der Waals surface area contributed by atoms with E-state index in [9.17, 15) is 4.79 Å². The molecule has 1 N–H and O–H groups in total. The lowest BCUT2D eigenvalue weighted by atomic mass is 10.3. The summed E-state index contributed by atoms with van der Waals surface area (Å²) >= 11 is 0. The van der Waals surface area contributed by atoms with Crippen molar-refractivity contribution in [3.8, 4) is 0 Å². The van der Waals surface area contributed by atoms with Gasteiger partial charge in [0.1, 0.15) is 19.7 Å². The quantitative estimate of drug-likeness (QED) is 0.369. The largest absolute Gasteiger partial charge is 1.00 e. The van der Waals surface area contributed by atoms with E-state index in [-0.39, 0.29) is 37.4 Å². The van der Waals surface area contributed by atoms with E-state index < -0.39 is 0 Å². The zero-order chi connectivity index (χ0) is 15.5. The van der Waals surface area contributed by atoms with Crippen LogP contribution in [0.15, 0.2) is 0 Å². The summed E-state index contributed by atoms with van der Waals surface area (Å²) in [5.74, 6) is -0.0778. The van der Waals surface area contributed by atoms with Gasteiger partial charge < -0.3 is 43.6 Å². The van der Waals surface area contributed by atoms with Crippen LogP contribution in [0.3, 0.4) is 0 Å². The SMILES string of the molecule is CCCC(=O)OCC[N+](C)(C)C.C[N+](C)(C)CCO.[Cl-].[Cl-]. The topological polar surface area (TPSA) is 46.5 Å². The third-order valence-electron chi connectivity index (χ3n) is 2.25. The zero-order valence-corrected chi connectivity index (χ0v) is 16.2. The van der Waals surface area contributed by atoms with Gasteiger partial charge in [0.05, 0.1) is 48.9 Å². The molecule has 0 aliphatic carbocycles. The second-order valence-electron chi connectivity index (χ2n) is 6.72. The van der Waals surface area contributed by atoms with Crippen LogP contribution in [0.25, 0.3) is 0 Å². The predicted molar refractivity (Wildman–Crippen MR) is 78.8 cm³/mol. The lowest BCUT2D eigenvalue weighted by molar-refractivity contribution is -0.870. The lowest BCUT2D eigenvalue weighted by Gasteiger charge is -2.23. The van der Waals surface area contributed by atoms with Gasteiger partial charge in [0.15, 0.2) is 0 Å². The van der Waals surface area contributed by atoms with Crippen LogP contribution >= 0.6 is 0 Å². The number of rotatable bonds is 7. The number of aliphatic hydroxyl groups is 1. The standard InChI is InChI=1S/C9H20NO2.C5H14NO.2ClH/c1-5-6-9(11)12-8-7-10(2,3)4;1-6(2,3)4-5-7;;/h5-8H2,1-4H3;7H,4-5H2,1-3H3;2*1H/q2*+1;;/p-2. The highest BCUT2D eigenvalue weighted by atomic mass is 35.5. The number of carbonyl (C=O) groups is 1. The first kappa shape index (κ1) is 29.0. The van der Waals surface area contributed by atoms with E-state index >= 15 is 0 Å². The fraction of sp³-hybridized carbons (Fsp3) is 0.929. The first-order chi connectivity index (χ1) is 8.52. The van der Waals surface area contributed by atoms with E-state index in [1.165, 1.54) is 0 Å². The second-order valence-corrected chi connectivity index (χ2v) is 6.72. The van der Waals surface area contributed by atoms with Gasteiger partial charge in [-0.15, -0.1) is 0 Å². The van der Waals surface area contributed by atoms with Crippen LogP contribution in [0.5, 0.6) is 0 Å². The third-order valence-corrected chi connectivity index (χ3v) is 2.25. The molecule has 0 fully saturated rings. The van der Waals surface area contributed by atoms with Gasteiger partial charge in [-0.1, -0.05) is 6.92 Å². The van der Waals surface area contributed by atoms with Crippen molar-refractivity contribution in [2.75, 3.05) is 68.6 Å². The van der Waals surface area contributed by atoms with Crippen LogP contribution < -0.4 is 24.8 Å². The Morgan fingerprint density at radius 2 is 1.38 bits per heavy atom. The van der Waals surface area contributed by atoms with Crippen molar-refractivity contribution in [1.82, 2.24) is 0 Å². The molecule has 5 nitrogen and oxygen atoms in total. The van der Waals surface area contributed by atoms with Crippen LogP contribution in [0.2, 0.25) is 0 Å². The van der Waals surface area contributed by atoms with Gasteiger partial charge in [0.2, 0.25) is 0 Å². The zero-order valence-electron chi connectivity index (χ0n) is 14.7. The summed E-state index contributed by atoms with van der Waals surface area (Å²) < 4.78 is 6.68. The number of hydrogen-bond donors (Lipinski definition) is 1. The van der Waals surface area contributed by atoms with E-state index in [0.717, 1.165) is 28.5 Å². The summed E-state index contributed by atoms with van der Waals surface area (Å²) in [5.41, 5.74) is 0. The average molecular weight is 349 g/mol. The van der Waals surface area contributed by atoms with E-state index in [1.54, 1.807) is 0 Å². The molecule has 0 spiro atoms. The van der Waals surface area contributed by atoms with Gasteiger partial charge in [0.25, 0.3) is 0 Å². The average Bonchev–Trinajstić information content (AvgIpc) is 2.14. The molecular weight excluding hydrogens is 315 g/mol. The molecule has 7 heteroatoms. The molecule has 0 aromatic heterocycles. The number of carbonyl (C=O) groups excluding carboxylic acids is 1. The van der Waals surface area contributed by atoms with E-state index in [1.807, 2.05) is 6.92 Å². The summed E-state index contributed by atoms with van der Waals surface area (Å²) in [6, 6.07) is 0. The van der Waals surface area contributed by atoms with Crippen molar-refractivity contribution in [2.45, 2.75) is 19.8 Å². The number of esters is 1. The first-order valence-electron chi connectivity index (χ1n) is 6.89. The highest BCUT2D eigenvalue weighted by Crippen LogP contribution is 1.93. The minimum atomic E-state index is -0.0778. The Hall–Kier alpha value is -0.0700. The highest BCUT2D eigenvalue weighted by molar-refractivity contribution is 5.69. The Morgan fingerprint density at radius 1 is 0.952 bits per heavy atom. The van der Waals surface area contributed by atoms with Crippen LogP contribution in [0.1, 0.15) is 19.8 Å². The number of aliphatic hydroxyl groups excluding tert-OH is 1. The molecular formula is C14H34Cl2N2O3. The molecule has 0 bridgehead atoms. The van der Waals surface area contributed by atoms with Crippen molar-refractivity contribution >= 4 is 5.97 Å². The van der Waals surface area contributed by atoms with Crippen molar-refractivity contribution in [1.29, 1.82) is 0 Å². The molecule has 0 radical (unpaired) electrons. The molecule has 0 rings (SSSR count). The molecule has 0 aliphatic rings. The summed E-state index contributed by atoms with van der Waals surface area (Å²) in [4.78, 5) is 10.9. The molecule has 0 amide bonds. The fourth-order valence-corrected chi connectivity index (χ4v) is 1.01. The molecule has 0 aromatic rings. The Bertz CT molecular complexity index is 239. The van der Waals surface area contributed by atoms with Gasteiger partial charge in [0, 0.05) is 6.42 Å². The van der Waals surface area contributed by atoms with Crippen LogP contribution in [-0.2, 0) is 9.53 Å². The lowest BCUT2D eigenvalue weighted by Crippen LogP contribution is -3.00. The number of hydrogen-bond acceptors (Lipinski definition) is 3. The Labute approximate surface area is 143 Å². The number of quaternary nitrogens is 2. The summed E-state index contributed by atoms with van der Waals surface area (Å²) in [7, 11) is 12.4. The highest BCUT2D eigenvalue weighted by Gasteiger charge is 2.08. The smallest absolute Gasteiger partial charge is 0.305 e. The van der Waals surface area contributed by atoms with E-state index in [0.29, 0.717) is 13.0 Å². The van der Waals surface area contributed by atoms with Crippen molar-refractivity contribution in [3.63, 3.8) is 0 Å². The molecule has 0 aromatic carbocycles. The van der Waals surface area contributed by atoms with Crippen molar-refractivity contribution in [3.05, 3.63) is 0 Å². The van der Waals surface area contributed by atoms with Gasteiger partial charge >= 0.3 is 5.97 Å². The van der Waals surface area contributed by atoms with Crippen LogP contribution in [-0.4, -0.2) is 88.6 Å². The van der Waals surface area contributed by atoms with Gasteiger partial charge in [-0.3, -0.25) is 4.79 Å². The monoisotopic (exact) mass is 348 g/mol. The molecule has 21 heavy (non-hydrogen) atoms.